The van der Waals surface area contributed by atoms with E-state index in [0.29, 0.717) is 0 Å². The molecule has 0 radical (unpaired) electrons. The molecule has 20 valence electrons. The molecule has 0 nitrogen and oxygen atoms in total. The molecule has 0 unspecified atom stereocenters. The Morgan fingerprint density at radius 1 is 1.50 bits per heavy atom. The zero-order chi connectivity index (χ0) is 2.83. The topological polar surface area (TPSA) is 0 Å². The van der Waals surface area contributed by atoms with Crippen LogP contribution in [0.2, 0.25) is 0 Å². The van der Waals surface area contributed by atoms with Crippen LogP contribution >= 0.6 is 0 Å². The molecule has 1 aliphatic rings. The van der Waals surface area contributed by atoms with E-state index in [1.807, 2.05) is 0 Å². The minimum absolute atomic E-state index is 0.0300. The molecule has 1 heteroatoms. The number of hydrogen-bond donors (Lipinski definition) is 0. The molecule has 0 bridgehead atoms. The first-order chi connectivity index (χ1) is 2.00. The standard InChI is InChI=1S/C3H3.Sn.H/c1-3-2;;/h1-3H;;. The first-order valence-electron chi connectivity index (χ1n) is 1.33. The molecule has 0 aromatic heterocycles. The van der Waals surface area contributed by atoms with Crippen LogP contribution in [0, 0.1) is 0 Å². The third-order valence-electron chi connectivity index (χ3n) is 0.444. The summed E-state index contributed by atoms with van der Waals surface area (Å²) in [6, 6.07) is 0. The normalized spacial score (nSPS) is 16.0. The number of hydrogen-bond acceptors (Lipinski definition) is 0. The Kier molecular flexibility index (Phi) is 0.670. The third-order valence-corrected chi connectivity index (χ3v) is 2.98. The molecule has 0 aromatic carbocycles. The SMILES string of the molecule is C1=[CH][SnH]=[CH]1. The van der Waals surface area contributed by atoms with E-state index in [1.165, 1.54) is 0 Å². The fourth-order valence-corrected chi connectivity index (χ4v) is 0.745. The van der Waals surface area contributed by atoms with Crippen molar-refractivity contribution in [2.24, 2.45) is 0 Å². The van der Waals surface area contributed by atoms with E-state index in [9.17, 15) is 0 Å². The van der Waals surface area contributed by atoms with Crippen molar-refractivity contribution in [3.8, 4) is 0 Å². The maximum atomic E-state index is 2.32. The van der Waals surface area contributed by atoms with Gasteiger partial charge >= 0.3 is 34.9 Å². The Morgan fingerprint density at radius 3 is 1.75 bits per heavy atom. The summed E-state index contributed by atoms with van der Waals surface area (Å²) in [4.78, 5) is 0. The number of allylic oxidation sites excluding steroid dienone is 1. The molecule has 0 atom stereocenters. The van der Waals surface area contributed by atoms with Crippen molar-refractivity contribution in [3.05, 3.63) is 10.2 Å². The zero-order valence-electron chi connectivity index (χ0n) is 2.31. The van der Waals surface area contributed by atoms with Crippen LogP contribution in [0.15, 0.2) is 10.2 Å². The fourth-order valence-electron chi connectivity index (χ4n) is 0.111. The van der Waals surface area contributed by atoms with Gasteiger partial charge in [0.2, 0.25) is 0 Å². The van der Waals surface area contributed by atoms with Crippen molar-refractivity contribution >= 4 is 24.7 Å². The van der Waals surface area contributed by atoms with E-state index in [0.717, 1.165) is 0 Å². The van der Waals surface area contributed by atoms with E-state index < -0.39 is 0 Å². The zero-order valence-corrected chi connectivity index (χ0v) is 5.61. The van der Waals surface area contributed by atoms with Crippen molar-refractivity contribution < 1.29 is 0 Å². The van der Waals surface area contributed by atoms with Gasteiger partial charge in [0.05, 0.1) is 0 Å². The van der Waals surface area contributed by atoms with Crippen LogP contribution < -0.4 is 0 Å². The Labute approximate surface area is 35.2 Å². The molecule has 0 fully saturated rings. The second kappa shape index (κ2) is 1.02. The molecule has 0 spiro atoms. The van der Waals surface area contributed by atoms with Gasteiger partial charge in [-0.05, 0) is 0 Å². The summed E-state index contributed by atoms with van der Waals surface area (Å²) < 4.78 is 4.63. The van der Waals surface area contributed by atoms with Gasteiger partial charge in [0.1, 0.15) is 0 Å². The van der Waals surface area contributed by atoms with Crippen LogP contribution in [-0.4, -0.2) is 24.7 Å². The van der Waals surface area contributed by atoms with Crippen molar-refractivity contribution in [1.29, 1.82) is 0 Å². The molecular weight excluding hydrogens is 155 g/mol. The molecule has 0 saturated heterocycles. The van der Waals surface area contributed by atoms with Crippen LogP contribution in [0.5, 0.6) is 0 Å². The molecule has 1 rings (SSSR count). The Hall–Kier alpha value is 0.409. The molecule has 0 aromatic rings. The predicted octanol–water partition coefficient (Wildman–Crippen LogP) is -0.248. The van der Waals surface area contributed by atoms with Crippen molar-refractivity contribution in [3.63, 3.8) is 0 Å². The van der Waals surface area contributed by atoms with Gasteiger partial charge in [-0.15, -0.1) is 0 Å². The van der Waals surface area contributed by atoms with E-state index in [2.05, 4.69) is 14.2 Å². The molecular formula is C3H4Sn. The minimum atomic E-state index is -0.0300. The Bertz CT molecular complexity index is 43.7. The predicted molar refractivity (Wildman–Crippen MR) is 22.4 cm³/mol. The van der Waals surface area contributed by atoms with Gasteiger partial charge in [-0.1, -0.05) is 0 Å². The van der Waals surface area contributed by atoms with E-state index in [-0.39, 0.29) is 20.7 Å². The first kappa shape index (κ1) is 2.64. The molecule has 1 heterocycles. The quantitative estimate of drug-likeness (QED) is 0.427. The average molecular weight is 159 g/mol. The monoisotopic (exact) mass is 160 g/mol. The van der Waals surface area contributed by atoms with Gasteiger partial charge in [-0.3, -0.25) is 0 Å². The van der Waals surface area contributed by atoms with Crippen LogP contribution in [-0.2, 0) is 0 Å². The van der Waals surface area contributed by atoms with Crippen LogP contribution in [0.4, 0.5) is 0 Å². The van der Waals surface area contributed by atoms with Crippen molar-refractivity contribution in [2.75, 3.05) is 0 Å². The maximum absolute atomic E-state index is 2.32. The molecule has 0 saturated carbocycles. The molecule has 0 amide bonds. The van der Waals surface area contributed by atoms with Gasteiger partial charge in [-0.2, -0.15) is 0 Å². The Balaban J connectivity index is 2.67. The van der Waals surface area contributed by atoms with Gasteiger partial charge in [-0.25, -0.2) is 0 Å². The van der Waals surface area contributed by atoms with Gasteiger partial charge in [0.15, 0.2) is 0 Å². The van der Waals surface area contributed by atoms with E-state index >= 15 is 0 Å². The molecule has 4 heavy (non-hydrogen) atoms. The second-order valence-electron chi connectivity index (χ2n) is 0.770. The summed E-state index contributed by atoms with van der Waals surface area (Å²) in [5.41, 5.74) is 0. The molecule has 0 N–H and O–H groups in total. The third kappa shape index (κ3) is 0.246. The van der Waals surface area contributed by atoms with Crippen molar-refractivity contribution in [1.82, 2.24) is 0 Å². The van der Waals surface area contributed by atoms with Crippen LogP contribution in [0.25, 0.3) is 0 Å². The number of rotatable bonds is 0. The van der Waals surface area contributed by atoms with E-state index in [4.69, 9.17) is 0 Å². The summed E-state index contributed by atoms with van der Waals surface area (Å²) in [7, 11) is 0. The Morgan fingerprint density at radius 2 is 1.75 bits per heavy atom. The summed E-state index contributed by atoms with van der Waals surface area (Å²) in [5.74, 6) is 0. The second-order valence-corrected chi connectivity index (χ2v) is 4.07. The summed E-state index contributed by atoms with van der Waals surface area (Å²) in [5, 5.41) is 0. The van der Waals surface area contributed by atoms with Crippen LogP contribution in [0.1, 0.15) is 0 Å². The summed E-state index contributed by atoms with van der Waals surface area (Å²) in [6.45, 7) is 0. The fraction of sp³-hybridized carbons (Fsp3) is 0. The van der Waals surface area contributed by atoms with Gasteiger partial charge in [0.25, 0.3) is 0 Å². The van der Waals surface area contributed by atoms with Gasteiger partial charge < -0.3 is 0 Å². The molecule has 1 aliphatic heterocycles. The first-order valence-corrected chi connectivity index (χ1v) is 5.14. The van der Waals surface area contributed by atoms with Crippen LogP contribution in [0.3, 0.4) is 0 Å². The average Bonchev–Trinajstić information content (AvgIpc) is 0.722. The van der Waals surface area contributed by atoms with Crippen molar-refractivity contribution in [2.45, 2.75) is 0 Å². The summed E-state index contributed by atoms with van der Waals surface area (Å²) in [6.07, 6.45) is 2.14. The molecule has 0 aliphatic carbocycles. The van der Waals surface area contributed by atoms with Gasteiger partial charge in [0, 0.05) is 0 Å². The summed E-state index contributed by atoms with van der Waals surface area (Å²) >= 11 is -0.0300. The van der Waals surface area contributed by atoms with E-state index in [1.54, 1.807) is 0 Å².